The van der Waals surface area contributed by atoms with Crippen LogP contribution >= 0.6 is 15.9 Å². The van der Waals surface area contributed by atoms with Gasteiger partial charge in [-0.3, -0.25) is 14.9 Å². The second-order valence-corrected chi connectivity index (χ2v) is 9.56. The maximum Gasteiger partial charge on any atom is 0.287 e. The minimum atomic E-state index is -0.544. The molecule has 0 aliphatic carbocycles. The van der Waals surface area contributed by atoms with Crippen LogP contribution in [-0.2, 0) is 0 Å². The number of furan rings is 1. The van der Waals surface area contributed by atoms with Crippen molar-refractivity contribution in [3.8, 4) is 29.0 Å². The lowest BCUT2D eigenvalue weighted by molar-refractivity contribution is -0.385. The summed E-state index contributed by atoms with van der Waals surface area (Å²) in [6.07, 6.45) is 2.59. The first-order valence-corrected chi connectivity index (χ1v) is 12.9. The number of hydrogen-bond donors (Lipinski definition) is 0. The van der Waals surface area contributed by atoms with Crippen LogP contribution in [0.5, 0.6) is 17.4 Å². The molecule has 0 bridgehead atoms. The van der Waals surface area contributed by atoms with Gasteiger partial charge in [-0.05, 0) is 52.3 Å². The lowest BCUT2D eigenvalue weighted by Gasteiger charge is -2.12. The fourth-order valence-electron chi connectivity index (χ4n) is 4.14. The number of rotatable bonds is 7. The summed E-state index contributed by atoms with van der Waals surface area (Å²) in [5.74, 6) is 1.43. The Morgan fingerprint density at radius 2 is 1.85 bits per heavy atom. The molecule has 0 N–H and O–H groups in total. The van der Waals surface area contributed by atoms with Gasteiger partial charge in [0.25, 0.3) is 11.2 Å². The number of halogens is 1. The highest BCUT2D eigenvalue weighted by atomic mass is 79.9. The van der Waals surface area contributed by atoms with Gasteiger partial charge in [0.15, 0.2) is 17.3 Å². The van der Waals surface area contributed by atoms with Gasteiger partial charge < -0.3 is 13.9 Å². The van der Waals surface area contributed by atoms with Crippen LogP contribution in [0.4, 0.5) is 5.69 Å². The van der Waals surface area contributed by atoms with Crippen molar-refractivity contribution in [2.45, 2.75) is 0 Å². The van der Waals surface area contributed by atoms with E-state index in [1.165, 1.54) is 30.1 Å². The average Bonchev–Trinajstić information content (AvgIpc) is 3.42. The monoisotopic (exact) mass is 611 g/mol. The summed E-state index contributed by atoms with van der Waals surface area (Å²) in [7, 11) is 1.47. The van der Waals surface area contributed by atoms with Crippen molar-refractivity contribution < 1.29 is 18.8 Å². The van der Waals surface area contributed by atoms with E-state index in [4.69, 9.17) is 18.9 Å². The Balaban J connectivity index is 1.41. The van der Waals surface area contributed by atoms with E-state index in [0.717, 1.165) is 11.6 Å². The lowest BCUT2D eigenvalue weighted by Crippen LogP contribution is -2.20. The molecule has 0 amide bonds. The molecule has 6 rings (SSSR count). The molecule has 0 saturated carbocycles. The zero-order valence-electron chi connectivity index (χ0n) is 21.2. The minimum Gasteiger partial charge on any atom is -0.493 e. The molecule has 0 fully saturated rings. The highest BCUT2D eigenvalue weighted by Gasteiger charge is 2.17. The molecule has 0 saturated heterocycles. The molecule has 12 heteroatoms. The van der Waals surface area contributed by atoms with Gasteiger partial charge in [-0.1, -0.05) is 30.3 Å². The van der Waals surface area contributed by atoms with E-state index >= 15 is 0 Å². The van der Waals surface area contributed by atoms with Crippen LogP contribution in [0.1, 0.15) is 5.56 Å². The van der Waals surface area contributed by atoms with Gasteiger partial charge in [0.2, 0.25) is 11.7 Å². The van der Waals surface area contributed by atoms with Crippen molar-refractivity contribution in [3.63, 3.8) is 0 Å². The number of nitro groups is 1. The Kier molecular flexibility index (Phi) is 6.73. The predicted molar refractivity (Wildman–Crippen MR) is 156 cm³/mol. The highest BCUT2D eigenvalue weighted by Crippen LogP contribution is 2.36. The van der Waals surface area contributed by atoms with Gasteiger partial charge in [0.1, 0.15) is 11.8 Å². The first kappa shape index (κ1) is 25.9. The van der Waals surface area contributed by atoms with E-state index < -0.39 is 4.92 Å². The van der Waals surface area contributed by atoms with Crippen molar-refractivity contribution >= 4 is 49.7 Å². The summed E-state index contributed by atoms with van der Waals surface area (Å²) in [6.45, 7) is 0. The van der Waals surface area contributed by atoms with Gasteiger partial charge in [0, 0.05) is 27.6 Å². The van der Waals surface area contributed by atoms with Crippen molar-refractivity contribution in [1.82, 2.24) is 14.6 Å². The third-order valence-electron chi connectivity index (χ3n) is 6.14. The van der Waals surface area contributed by atoms with Gasteiger partial charge in [0.05, 0.1) is 29.2 Å². The van der Waals surface area contributed by atoms with Crippen molar-refractivity contribution in [1.29, 1.82) is 0 Å². The maximum absolute atomic E-state index is 13.6. The first-order chi connectivity index (χ1) is 19.9. The smallest absolute Gasteiger partial charge is 0.287 e. The van der Waals surface area contributed by atoms with E-state index in [2.05, 4.69) is 26.0 Å². The number of nitrogens with zero attached hydrogens (tertiary/aromatic N) is 5. The fourth-order valence-corrected chi connectivity index (χ4v) is 4.57. The van der Waals surface area contributed by atoms with Crippen LogP contribution in [0.3, 0.4) is 0 Å². The molecular formula is C29H18BrN5O6. The van der Waals surface area contributed by atoms with E-state index in [9.17, 15) is 14.9 Å². The molecule has 3 heterocycles. The third-order valence-corrected chi connectivity index (χ3v) is 6.83. The normalized spacial score (nSPS) is 11.4. The van der Waals surface area contributed by atoms with Gasteiger partial charge >= 0.3 is 0 Å². The molecule has 0 aliphatic rings. The molecule has 0 atom stereocenters. The number of para-hydroxylation sites is 2. The number of ether oxygens (including phenoxy) is 2. The SMILES string of the molecule is COc1cc(C=Nn2c(-c3cc4ccccc4o3)nc3ccccc3c2=O)c(Br)cc1Oc1ccc([N+](=O)[O-])cn1. The largest absolute Gasteiger partial charge is 0.493 e. The maximum atomic E-state index is 13.6. The molecule has 6 aromatic rings. The van der Waals surface area contributed by atoms with E-state index in [1.54, 1.807) is 30.3 Å². The van der Waals surface area contributed by atoms with Gasteiger partial charge in [-0.25, -0.2) is 9.97 Å². The summed E-state index contributed by atoms with van der Waals surface area (Å²) in [5.41, 5.74) is 1.23. The average molecular weight is 612 g/mol. The molecule has 0 unspecified atom stereocenters. The van der Waals surface area contributed by atoms with Crippen LogP contribution in [0.25, 0.3) is 33.5 Å². The summed E-state index contributed by atoms with van der Waals surface area (Å²) in [4.78, 5) is 32.6. The topological polar surface area (TPSA) is 135 Å². The molecule has 3 aromatic heterocycles. The van der Waals surface area contributed by atoms with Gasteiger partial charge in [-0.2, -0.15) is 9.78 Å². The molecule has 0 aliphatic heterocycles. The third kappa shape index (κ3) is 5.03. The summed E-state index contributed by atoms with van der Waals surface area (Å²) in [6, 6.07) is 22.3. The predicted octanol–water partition coefficient (Wildman–Crippen LogP) is 6.56. The van der Waals surface area contributed by atoms with Crippen LogP contribution in [0, 0.1) is 10.1 Å². The number of fused-ring (bicyclic) bond motifs is 2. The Bertz CT molecular complexity index is 2000. The Morgan fingerprint density at radius 1 is 1.05 bits per heavy atom. The zero-order valence-corrected chi connectivity index (χ0v) is 22.8. The molecule has 0 radical (unpaired) electrons. The number of aromatic nitrogens is 3. The van der Waals surface area contributed by atoms with E-state index in [1.807, 2.05) is 36.4 Å². The minimum absolute atomic E-state index is 0.145. The highest BCUT2D eigenvalue weighted by molar-refractivity contribution is 9.10. The Morgan fingerprint density at radius 3 is 2.61 bits per heavy atom. The molecule has 41 heavy (non-hydrogen) atoms. The second-order valence-electron chi connectivity index (χ2n) is 8.70. The standard InChI is InChI=1S/C29H18BrN5O6/c1-39-24-13-18(21(30)14-25(24)41-27-11-10-19(16-31-27)35(37)38)15-32-34-28(26-12-17-6-2-5-9-23(17)40-26)33-22-8-4-3-7-20(22)29(34)36/h2-16H,1H3. The van der Waals surface area contributed by atoms with E-state index in [-0.39, 0.29) is 23.0 Å². The molecular weight excluding hydrogens is 594 g/mol. The summed E-state index contributed by atoms with van der Waals surface area (Å²) < 4.78 is 19.1. The van der Waals surface area contributed by atoms with Crippen LogP contribution < -0.4 is 15.0 Å². The van der Waals surface area contributed by atoms with Gasteiger partial charge in [-0.15, -0.1) is 0 Å². The summed E-state index contributed by atoms with van der Waals surface area (Å²) >= 11 is 3.52. The van der Waals surface area contributed by atoms with Crippen LogP contribution in [0.15, 0.2) is 104 Å². The van der Waals surface area contributed by atoms with Crippen molar-refractivity contribution in [2.24, 2.45) is 5.10 Å². The molecule has 0 spiro atoms. The number of pyridine rings is 1. The lowest BCUT2D eigenvalue weighted by atomic mass is 10.2. The second kappa shape index (κ2) is 10.7. The van der Waals surface area contributed by atoms with Crippen LogP contribution in [0.2, 0.25) is 0 Å². The Labute approximate surface area is 239 Å². The Hall–Kier alpha value is -5.36. The van der Waals surface area contributed by atoms with E-state index in [0.29, 0.717) is 43.8 Å². The first-order valence-electron chi connectivity index (χ1n) is 12.1. The van der Waals surface area contributed by atoms with Crippen molar-refractivity contribution in [3.05, 3.63) is 116 Å². The molecule has 11 nitrogen and oxygen atoms in total. The number of benzene rings is 3. The number of hydrogen-bond acceptors (Lipinski definition) is 9. The molecule has 3 aromatic carbocycles. The van der Waals surface area contributed by atoms with Crippen LogP contribution in [-0.4, -0.2) is 32.9 Å². The van der Waals surface area contributed by atoms with Crippen molar-refractivity contribution in [2.75, 3.05) is 7.11 Å². The number of methoxy groups -OCH3 is 1. The zero-order chi connectivity index (χ0) is 28.5. The summed E-state index contributed by atoms with van der Waals surface area (Å²) in [5, 5.41) is 16.7. The quantitative estimate of drug-likeness (QED) is 0.112. The molecule has 202 valence electrons. The fraction of sp³-hybridized carbons (Fsp3) is 0.0345.